The van der Waals surface area contributed by atoms with E-state index in [4.69, 9.17) is 9.84 Å². The molecule has 1 aromatic rings. The molecular weight excluding hydrogens is 310 g/mol. The molecule has 0 saturated carbocycles. The number of nitrogens with zero attached hydrogens (tertiary/aromatic N) is 1. The second kappa shape index (κ2) is 6.39. The van der Waals surface area contributed by atoms with Gasteiger partial charge in [-0.3, -0.25) is 4.79 Å². The van der Waals surface area contributed by atoms with Crippen LogP contribution in [0.2, 0.25) is 0 Å². The molecule has 1 saturated heterocycles. The molecule has 104 valence electrons. The molecule has 19 heavy (non-hydrogen) atoms. The summed E-state index contributed by atoms with van der Waals surface area (Å²) in [6.07, 6.45) is 0.797. The quantitative estimate of drug-likeness (QED) is 0.923. The highest BCUT2D eigenvalue weighted by Gasteiger charge is 2.24. The van der Waals surface area contributed by atoms with Crippen LogP contribution in [0.5, 0.6) is 0 Å². The summed E-state index contributed by atoms with van der Waals surface area (Å²) in [5.41, 5.74) is 2.36. The van der Waals surface area contributed by atoms with Crippen LogP contribution in [0.1, 0.15) is 18.4 Å². The van der Waals surface area contributed by atoms with Gasteiger partial charge in [0.2, 0.25) is 0 Å². The van der Waals surface area contributed by atoms with E-state index in [2.05, 4.69) is 39.9 Å². The number of aliphatic carboxylic acids is 1. The Morgan fingerprint density at radius 3 is 3.05 bits per heavy atom. The van der Waals surface area contributed by atoms with Crippen molar-refractivity contribution in [2.75, 3.05) is 24.7 Å². The smallest absolute Gasteiger partial charge is 0.303 e. The molecule has 0 aliphatic carbocycles. The van der Waals surface area contributed by atoms with Crippen LogP contribution in [0.4, 0.5) is 5.69 Å². The highest BCUT2D eigenvalue weighted by Crippen LogP contribution is 2.28. The van der Waals surface area contributed by atoms with Crippen molar-refractivity contribution in [2.45, 2.75) is 25.8 Å². The molecule has 1 heterocycles. The average molecular weight is 328 g/mol. The normalized spacial score (nSPS) is 19.5. The number of benzene rings is 1. The first-order chi connectivity index (χ1) is 9.08. The van der Waals surface area contributed by atoms with Gasteiger partial charge in [-0.25, -0.2) is 0 Å². The third-order valence-electron chi connectivity index (χ3n) is 3.39. The van der Waals surface area contributed by atoms with Gasteiger partial charge in [-0.1, -0.05) is 15.9 Å². The number of hydrogen-bond donors (Lipinski definition) is 1. The van der Waals surface area contributed by atoms with Crippen molar-refractivity contribution in [2.24, 2.45) is 0 Å². The minimum absolute atomic E-state index is 0.143. The minimum atomic E-state index is -0.752. The Hall–Kier alpha value is -1.07. The predicted molar refractivity (Wildman–Crippen MR) is 77.7 cm³/mol. The van der Waals surface area contributed by atoms with Gasteiger partial charge in [0.05, 0.1) is 19.3 Å². The van der Waals surface area contributed by atoms with Crippen molar-refractivity contribution >= 4 is 27.6 Å². The number of hydrogen-bond acceptors (Lipinski definition) is 3. The maximum atomic E-state index is 10.7. The fourth-order valence-corrected chi connectivity index (χ4v) is 2.92. The summed E-state index contributed by atoms with van der Waals surface area (Å²) in [6.45, 7) is 4.18. The van der Waals surface area contributed by atoms with E-state index >= 15 is 0 Å². The number of carboxylic acid groups (broad SMARTS) is 1. The standard InChI is InChI=1S/C14H18BrNO3/c1-10-8-11(15)2-4-13(10)16-6-7-19-9-12(16)3-5-14(17)18/h2,4,8,12H,3,5-7,9H2,1H3,(H,17,18). The lowest BCUT2D eigenvalue weighted by Gasteiger charge is -2.38. The van der Waals surface area contributed by atoms with Gasteiger partial charge in [0.25, 0.3) is 0 Å². The summed E-state index contributed by atoms with van der Waals surface area (Å²) in [6, 6.07) is 6.33. The number of carboxylic acids is 1. The van der Waals surface area contributed by atoms with Crippen molar-refractivity contribution < 1.29 is 14.6 Å². The molecule has 0 spiro atoms. The van der Waals surface area contributed by atoms with Gasteiger partial charge in [0.15, 0.2) is 0 Å². The maximum Gasteiger partial charge on any atom is 0.303 e. The van der Waals surface area contributed by atoms with Crippen LogP contribution in [0.25, 0.3) is 0 Å². The second-order valence-corrected chi connectivity index (χ2v) is 5.70. The highest BCUT2D eigenvalue weighted by molar-refractivity contribution is 9.10. The van der Waals surface area contributed by atoms with Crippen molar-refractivity contribution in [1.29, 1.82) is 0 Å². The van der Waals surface area contributed by atoms with Crippen LogP contribution in [-0.4, -0.2) is 36.9 Å². The first-order valence-electron chi connectivity index (χ1n) is 6.40. The Morgan fingerprint density at radius 2 is 2.37 bits per heavy atom. The first kappa shape index (κ1) is 14.3. The minimum Gasteiger partial charge on any atom is -0.481 e. The largest absolute Gasteiger partial charge is 0.481 e. The molecule has 4 nitrogen and oxygen atoms in total. The van der Waals surface area contributed by atoms with Crippen LogP contribution in [0.15, 0.2) is 22.7 Å². The molecule has 0 aromatic heterocycles. The Morgan fingerprint density at radius 1 is 1.58 bits per heavy atom. The molecule has 5 heteroatoms. The van der Waals surface area contributed by atoms with E-state index < -0.39 is 5.97 Å². The molecule has 1 unspecified atom stereocenters. The molecule has 1 atom stereocenters. The number of aryl methyl sites for hydroxylation is 1. The predicted octanol–water partition coefficient (Wildman–Crippen LogP) is 2.83. The van der Waals surface area contributed by atoms with Crippen LogP contribution in [0.3, 0.4) is 0 Å². The van der Waals surface area contributed by atoms with E-state index in [1.165, 1.54) is 11.3 Å². The van der Waals surface area contributed by atoms with Crippen molar-refractivity contribution in [3.63, 3.8) is 0 Å². The fraction of sp³-hybridized carbons (Fsp3) is 0.500. The van der Waals surface area contributed by atoms with Crippen molar-refractivity contribution in [3.8, 4) is 0 Å². The van der Waals surface area contributed by atoms with Gasteiger partial charge in [-0.2, -0.15) is 0 Å². The third-order valence-corrected chi connectivity index (χ3v) is 3.88. The number of rotatable bonds is 4. The molecule has 1 aliphatic heterocycles. The Kier molecular flexibility index (Phi) is 4.82. The maximum absolute atomic E-state index is 10.7. The van der Waals surface area contributed by atoms with E-state index in [-0.39, 0.29) is 12.5 Å². The zero-order chi connectivity index (χ0) is 13.8. The third kappa shape index (κ3) is 3.70. The average Bonchev–Trinajstić information content (AvgIpc) is 2.37. The summed E-state index contributed by atoms with van der Waals surface area (Å²) in [5.74, 6) is -0.752. The topological polar surface area (TPSA) is 49.8 Å². The summed E-state index contributed by atoms with van der Waals surface area (Å²) in [4.78, 5) is 13.0. The lowest BCUT2D eigenvalue weighted by molar-refractivity contribution is -0.137. The van der Waals surface area contributed by atoms with Gasteiger partial charge in [-0.05, 0) is 37.1 Å². The Bertz CT molecular complexity index is 464. The summed E-state index contributed by atoms with van der Waals surface area (Å²) >= 11 is 3.46. The first-order valence-corrected chi connectivity index (χ1v) is 7.19. The lowest BCUT2D eigenvalue weighted by atomic mass is 10.1. The zero-order valence-electron chi connectivity index (χ0n) is 10.9. The summed E-state index contributed by atoms with van der Waals surface area (Å²) in [7, 11) is 0. The van der Waals surface area contributed by atoms with Crippen LogP contribution < -0.4 is 4.90 Å². The zero-order valence-corrected chi connectivity index (χ0v) is 12.5. The molecule has 1 aromatic carbocycles. The van der Waals surface area contributed by atoms with Crippen molar-refractivity contribution in [1.82, 2.24) is 0 Å². The van der Waals surface area contributed by atoms with Gasteiger partial charge >= 0.3 is 5.97 Å². The fourth-order valence-electron chi connectivity index (χ4n) is 2.44. The van der Waals surface area contributed by atoms with E-state index in [0.717, 1.165) is 11.0 Å². The Labute approximate surface area is 121 Å². The SMILES string of the molecule is Cc1cc(Br)ccc1N1CCOCC1CCC(=O)O. The molecule has 2 rings (SSSR count). The number of anilines is 1. The van der Waals surface area contributed by atoms with Crippen LogP contribution >= 0.6 is 15.9 Å². The molecule has 0 radical (unpaired) electrons. The number of halogens is 1. The number of ether oxygens (including phenoxy) is 1. The van der Waals surface area contributed by atoms with E-state index in [1.807, 2.05) is 6.07 Å². The molecule has 1 fully saturated rings. The van der Waals surface area contributed by atoms with E-state index in [0.29, 0.717) is 19.6 Å². The van der Waals surface area contributed by atoms with Gasteiger partial charge in [0.1, 0.15) is 0 Å². The van der Waals surface area contributed by atoms with Crippen LogP contribution in [0, 0.1) is 6.92 Å². The summed E-state index contributed by atoms with van der Waals surface area (Å²) in [5, 5.41) is 8.83. The van der Waals surface area contributed by atoms with Gasteiger partial charge in [-0.15, -0.1) is 0 Å². The molecule has 1 N–H and O–H groups in total. The molecule has 1 aliphatic rings. The van der Waals surface area contributed by atoms with Crippen LogP contribution in [-0.2, 0) is 9.53 Å². The highest BCUT2D eigenvalue weighted by atomic mass is 79.9. The molecule has 0 amide bonds. The van der Waals surface area contributed by atoms with Crippen molar-refractivity contribution in [3.05, 3.63) is 28.2 Å². The van der Waals surface area contributed by atoms with Gasteiger partial charge < -0.3 is 14.7 Å². The number of carbonyl (C=O) groups is 1. The molecular formula is C14H18BrNO3. The monoisotopic (exact) mass is 327 g/mol. The summed E-state index contributed by atoms with van der Waals surface area (Å²) < 4.78 is 6.55. The lowest BCUT2D eigenvalue weighted by Crippen LogP contribution is -2.46. The van der Waals surface area contributed by atoms with E-state index in [1.54, 1.807) is 0 Å². The van der Waals surface area contributed by atoms with Gasteiger partial charge in [0, 0.05) is 23.1 Å². The van der Waals surface area contributed by atoms with E-state index in [9.17, 15) is 4.79 Å². The Balaban J connectivity index is 2.16. The number of morpholine rings is 1. The molecule has 0 bridgehead atoms. The second-order valence-electron chi connectivity index (χ2n) is 4.79.